The number of unbranched alkanes of at least 4 members (excludes halogenated alkanes) is 3. The van der Waals surface area contributed by atoms with E-state index in [0.29, 0.717) is 12.2 Å². The zero-order valence-electron chi connectivity index (χ0n) is 9.22. The molecule has 6 nitrogen and oxygen atoms in total. The fraction of sp³-hybridized carbons (Fsp3) is 0.600. The number of carbonyl (C=O) groups is 1. The Morgan fingerprint density at radius 3 is 2.62 bits per heavy atom. The fourth-order valence-electron chi connectivity index (χ4n) is 1.48. The second-order valence-electron chi connectivity index (χ2n) is 3.70. The Balaban J connectivity index is 2.37. The van der Waals surface area contributed by atoms with Gasteiger partial charge in [0.25, 0.3) is 5.91 Å². The zero-order valence-corrected chi connectivity index (χ0v) is 9.22. The third-order valence-corrected chi connectivity index (χ3v) is 2.32. The van der Waals surface area contributed by atoms with Crippen LogP contribution in [-0.2, 0) is 6.54 Å². The SMILES string of the molecule is NC(=O)c1nn(CCCCCCO)cc1N. The minimum absolute atomic E-state index is 0.135. The number of aliphatic hydroxyl groups excluding tert-OH is 1. The van der Waals surface area contributed by atoms with Crippen LogP contribution in [0.15, 0.2) is 6.20 Å². The van der Waals surface area contributed by atoms with Crippen LogP contribution >= 0.6 is 0 Å². The molecule has 0 spiro atoms. The first-order chi connectivity index (χ1) is 7.65. The Hall–Kier alpha value is -1.56. The Labute approximate surface area is 94.2 Å². The van der Waals surface area contributed by atoms with E-state index in [9.17, 15) is 4.79 Å². The summed E-state index contributed by atoms with van der Waals surface area (Å²) in [5.41, 5.74) is 11.1. The molecule has 0 radical (unpaired) electrons. The van der Waals surface area contributed by atoms with Gasteiger partial charge in [0.2, 0.25) is 0 Å². The molecule has 0 unspecified atom stereocenters. The minimum atomic E-state index is -0.600. The summed E-state index contributed by atoms with van der Waals surface area (Å²) >= 11 is 0. The van der Waals surface area contributed by atoms with Crippen molar-refractivity contribution in [1.29, 1.82) is 0 Å². The Bertz CT molecular complexity index is 349. The summed E-state index contributed by atoms with van der Waals surface area (Å²) in [5, 5.41) is 12.6. The van der Waals surface area contributed by atoms with Crippen molar-refractivity contribution in [2.75, 3.05) is 12.3 Å². The predicted molar refractivity (Wildman–Crippen MR) is 60.7 cm³/mol. The lowest BCUT2D eigenvalue weighted by Crippen LogP contribution is -2.14. The van der Waals surface area contributed by atoms with Crippen LogP contribution in [0.3, 0.4) is 0 Å². The van der Waals surface area contributed by atoms with Crippen LogP contribution in [0.5, 0.6) is 0 Å². The highest BCUT2D eigenvalue weighted by Gasteiger charge is 2.10. The summed E-state index contributed by atoms with van der Waals surface area (Å²) in [5.74, 6) is -0.600. The summed E-state index contributed by atoms with van der Waals surface area (Å²) in [6.45, 7) is 0.948. The van der Waals surface area contributed by atoms with Crippen molar-refractivity contribution in [2.45, 2.75) is 32.2 Å². The summed E-state index contributed by atoms with van der Waals surface area (Å²) < 4.78 is 1.63. The molecule has 1 rings (SSSR count). The van der Waals surface area contributed by atoms with Gasteiger partial charge in [0.05, 0.1) is 5.69 Å². The summed E-state index contributed by atoms with van der Waals surface area (Å²) in [7, 11) is 0. The quantitative estimate of drug-likeness (QED) is 0.574. The normalized spacial score (nSPS) is 10.6. The summed E-state index contributed by atoms with van der Waals surface area (Å²) in [6, 6.07) is 0. The van der Waals surface area contributed by atoms with Gasteiger partial charge in [-0.25, -0.2) is 0 Å². The molecule has 1 heterocycles. The second-order valence-corrected chi connectivity index (χ2v) is 3.70. The summed E-state index contributed by atoms with van der Waals surface area (Å²) in [4.78, 5) is 10.9. The van der Waals surface area contributed by atoms with Gasteiger partial charge in [-0.1, -0.05) is 12.8 Å². The molecule has 16 heavy (non-hydrogen) atoms. The van der Waals surface area contributed by atoms with Crippen molar-refractivity contribution in [3.63, 3.8) is 0 Å². The van der Waals surface area contributed by atoms with Crippen LogP contribution < -0.4 is 11.5 Å². The number of carbonyl (C=O) groups excluding carboxylic acids is 1. The van der Waals surface area contributed by atoms with Crippen LogP contribution in [0.2, 0.25) is 0 Å². The smallest absolute Gasteiger partial charge is 0.271 e. The number of aromatic nitrogens is 2. The van der Waals surface area contributed by atoms with Gasteiger partial charge in [0.1, 0.15) is 0 Å². The lowest BCUT2D eigenvalue weighted by atomic mass is 10.2. The number of aliphatic hydroxyl groups is 1. The van der Waals surface area contributed by atoms with Crippen LogP contribution in [0.4, 0.5) is 5.69 Å². The number of anilines is 1. The first-order valence-electron chi connectivity index (χ1n) is 5.38. The van der Waals surface area contributed by atoms with Crippen molar-refractivity contribution < 1.29 is 9.90 Å². The Morgan fingerprint density at radius 2 is 2.06 bits per heavy atom. The molecule has 6 heteroatoms. The van der Waals surface area contributed by atoms with Gasteiger partial charge in [0.15, 0.2) is 5.69 Å². The number of rotatable bonds is 7. The van der Waals surface area contributed by atoms with E-state index in [1.54, 1.807) is 10.9 Å². The van der Waals surface area contributed by atoms with E-state index in [2.05, 4.69) is 5.10 Å². The van der Waals surface area contributed by atoms with Crippen molar-refractivity contribution in [3.05, 3.63) is 11.9 Å². The number of aryl methyl sites for hydroxylation is 1. The van der Waals surface area contributed by atoms with Gasteiger partial charge in [-0.05, 0) is 12.8 Å². The number of primary amides is 1. The number of amides is 1. The molecule has 0 aliphatic heterocycles. The molecular formula is C10H18N4O2. The van der Waals surface area contributed by atoms with Crippen LogP contribution in [-0.4, -0.2) is 27.4 Å². The van der Waals surface area contributed by atoms with Crippen molar-refractivity contribution in [3.8, 4) is 0 Å². The molecule has 90 valence electrons. The molecule has 0 bridgehead atoms. The molecule has 0 saturated heterocycles. The summed E-state index contributed by atoms with van der Waals surface area (Å²) in [6.07, 6.45) is 5.40. The van der Waals surface area contributed by atoms with E-state index < -0.39 is 5.91 Å². The van der Waals surface area contributed by atoms with E-state index >= 15 is 0 Å². The maximum absolute atomic E-state index is 10.9. The highest BCUT2D eigenvalue weighted by atomic mass is 16.2. The van der Waals surface area contributed by atoms with Crippen molar-refractivity contribution in [1.82, 2.24) is 9.78 Å². The van der Waals surface area contributed by atoms with E-state index in [0.717, 1.165) is 25.7 Å². The average Bonchev–Trinajstić information content (AvgIpc) is 2.59. The lowest BCUT2D eigenvalue weighted by Gasteiger charge is -2.00. The molecule has 0 fully saturated rings. The molecule has 1 aromatic heterocycles. The molecular weight excluding hydrogens is 208 g/mol. The molecule has 0 saturated carbocycles. The van der Waals surface area contributed by atoms with Crippen LogP contribution in [0.1, 0.15) is 36.2 Å². The topological polar surface area (TPSA) is 107 Å². The standard InChI is InChI=1S/C10H18N4O2/c11-8-7-14(13-9(8)10(12)16)5-3-1-2-4-6-15/h7,15H,1-6,11H2,(H2,12,16). The highest BCUT2D eigenvalue weighted by molar-refractivity contribution is 5.95. The number of nitrogen functional groups attached to an aromatic ring is 1. The number of nitrogens with zero attached hydrogens (tertiary/aromatic N) is 2. The van der Waals surface area contributed by atoms with Gasteiger partial charge in [-0.15, -0.1) is 0 Å². The first-order valence-corrected chi connectivity index (χ1v) is 5.38. The van der Waals surface area contributed by atoms with E-state index in [4.69, 9.17) is 16.6 Å². The molecule has 1 aromatic rings. The van der Waals surface area contributed by atoms with Gasteiger partial charge < -0.3 is 16.6 Å². The van der Waals surface area contributed by atoms with Crippen molar-refractivity contribution >= 4 is 11.6 Å². The zero-order chi connectivity index (χ0) is 12.0. The van der Waals surface area contributed by atoms with Gasteiger partial charge in [-0.2, -0.15) is 5.10 Å². The number of hydrogen-bond donors (Lipinski definition) is 3. The van der Waals surface area contributed by atoms with Gasteiger partial charge in [-0.3, -0.25) is 9.48 Å². The maximum Gasteiger partial charge on any atom is 0.271 e. The third-order valence-electron chi connectivity index (χ3n) is 2.32. The predicted octanol–water partition coefficient (Wildman–Crippen LogP) is 0.117. The molecule has 5 N–H and O–H groups in total. The third kappa shape index (κ3) is 3.54. The monoisotopic (exact) mass is 226 g/mol. The molecule has 0 atom stereocenters. The Kier molecular flexibility index (Phi) is 4.78. The Morgan fingerprint density at radius 1 is 1.38 bits per heavy atom. The van der Waals surface area contributed by atoms with Crippen LogP contribution in [0, 0.1) is 0 Å². The average molecular weight is 226 g/mol. The second kappa shape index (κ2) is 6.12. The van der Waals surface area contributed by atoms with E-state index in [-0.39, 0.29) is 12.3 Å². The molecule has 0 aliphatic carbocycles. The maximum atomic E-state index is 10.9. The molecule has 1 amide bonds. The van der Waals surface area contributed by atoms with Gasteiger partial charge >= 0.3 is 0 Å². The molecule has 0 aromatic carbocycles. The van der Waals surface area contributed by atoms with E-state index in [1.165, 1.54) is 0 Å². The first kappa shape index (κ1) is 12.5. The minimum Gasteiger partial charge on any atom is -0.396 e. The molecule has 0 aliphatic rings. The fourth-order valence-corrected chi connectivity index (χ4v) is 1.48. The van der Waals surface area contributed by atoms with Crippen molar-refractivity contribution in [2.24, 2.45) is 5.73 Å². The lowest BCUT2D eigenvalue weighted by molar-refractivity contribution is 0.0995. The van der Waals surface area contributed by atoms with Gasteiger partial charge in [0, 0.05) is 19.3 Å². The van der Waals surface area contributed by atoms with E-state index in [1.807, 2.05) is 0 Å². The van der Waals surface area contributed by atoms with Crippen LogP contribution in [0.25, 0.3) is 0 Å². The number of hydrogen-bond acceptors (Lipinski definition) is 4. The largest absolute Gasteiger partial charge is 0.396 e. The highest BCUT2D eigenvalue weighted by Crippen LogP contribution is 2.09. The number of nitrogens with two attached hydrogens (primary N) is 2.